The lowest BCUT2D eigenvalue weighted by Crippen LogP contribution is -1.96. The molecular formula is C20H16N2O. The fourth-order valence-corrected chi connectivity index (χ4v) is 2.83. The molecule has 0 spiro atoms. The fraction of sp³-hybridized carbons (Fsp3) is 0.0500. The van der Waals surface area contributed by atoms with Crippen LogP contribution in [0, 0.1) is 0 Å². The van der Waals surface area contributed by atoms with E-state index >= 15 is 0 Å². The Hall–Kier alpha value is -3.07. The van der Waals surface area contributed by atoms with Crippen LogP contribution in [-0.2, 0) is 0 Å². The minimum Gasteiger partial charge on any atom is -0.496 e. The zero-order chi connectivity index (χ0) is 15.6. The molecule has 2 heterocycles. The van der Waals surface area contributed by atoms with Crippen molar-refractivity contribution in [3.05, 3.63) is 78.9 Å². The Bertz CT molecular complexity index is 958. The molecule has 3 heteroatoms. The average molecular weight is 300 g/mol. The monoisotopic (exact) mass is 300 g/mol. The number of ether oxygens (including phenoxy) is 1. The van der Waals surface area contributed by atoms with Gasteiger partial charge in [-0.15, -0.1) is 0 Å². The van der Waals surface area contributed by atoms with Crippen molar-refractivity contribution < 1.29 is 4.74 Å². The molecule has 0 amide bonds. The minimum atomic E-state index is 0.844. The van der Waals surface area contributed by atoms with Gasteiger partial charge in [0.25, 0.3) is 0 Å². The third kappa shape index (κ3) is 2.36. The van der Waals surface area contributed by atoms with Crippen molar-refractivity contribution in [2.75, 3.05) is 7.11 Å². The molecule has 0 bridgehead atoms. The second-order valence-corrected chi connectivity index (χ2v) is 5.34. The predicted molar refractivity (Wildman–Crippen MR) is 92.6 cm³/mol. The van der Waals surface area contributed by atoms with Gasteiger partial charge in [-0.1, -0.05) is 48.5 Å². The molecule has 0 atom stereocenters. The summed E-state index contributed by atoms with van der Waals surface area (Å²) < 4.78 is 7.47. The highest BCUT2D eigenvalue weighted by atomic mass is 16.5. The molecule has 2 aromatic carbocycles. The molecule has 4 rings (SSSR count). The van der Waals surface area contributed by atoms with E-state index in [1.54, 1.807) is 7.11 Å². The second kappa shape index (κ2) is 5.61. The van der Waals surface area contributed by atoms with Gasteiger partial charge in [0.2, 0.25) is 0 Å². The normalized spacial score (nSPS) is 10.8. The molecular weight excluding hydrogens is 284 g/mol. The van der Waals surface area contributed by atoms with Crippen LogP contribution in [0.3, 0.4) is 0 Å². The Kier molecular flexibility index (Phi) is 3.31. The largest absolute Gasteiger partial charge is 0.496 e. The van der Waals surface area contributed by atoms with E-state index in [-0.39, 0.29) is 0 Å². The Balaban J connectivity index is 1.93. The SMILES string of the molecule is COc1ccccc1-c1cccc2cc(-c3ccccc3)nn12. The number of rotatable bonds is 3. The number of methoxy groups -OCH3 is 1. The first-order valence-electron chi connectivity index (χ1n) is 7.54. The van der Waals surface area contributed by atoms with Crippen molar-refractivity contribution in [1.29, 1.82) is 0 Å². The van der Waals surface area contributed by atoms with Crippen LogP contribution in [0.1, 0.15) is 0 Å². The molecule has 23 heavy (non-hydrogen) atoms. The van der Waals surface area contributed by atoms with Crippen LogP contribution in [0.5, 0.6) is 5.75 Å². The third-order valence-electron chi connectivity index (χ3n) is 3.94. The highest BCUT2D eigenvalue weighted by Gasteiger charge is 2.11. The molecule has 0 fully saturated rings. The van der Waals surface area contributed by atoms with Gasteiger partial charge < -0.3 is 4.74 Å². The van der Waals surface area contributed by atoms with Gasteiger partial charge in [0.05, 0.1) is 24.0 Å². The first-order valence-corrected chi connectivity index (χ1v) is 7.54. The second-order valence-electron chi connectivity index (χ2n) is 5.34. The van der Waals surface area contributed by atoms with Gasteiger partial charge in [-0.05, 0) is 30.3 Å². The van der Waals surface area contributed by atoms with Crippen molar-refractivity contribution in [3.8, 4) is 28.3 Å². The number of benzene rings is 2. The summed E-state index contributed by atoms with van der Waals surface area (Å²) in [5.41, 5.74) is 5.19. The van der Waals surface area contributed by atoms with Crippen LogP contribution in [0.2, 0.25) is 0 Å². The van der Waals surface area contributed by atoms with E-state index in [0.29, 0.717) is 0 Å². The predicted octanol–water partition coefficient (Wildman–Crippen LogP) is 4.68. The highest BCUT2D eigenvalue weighted by Crippen LogP contribution is 2.31. The molecule has 0 aliphatic heterocycles. The Labute approximate surface area is 134 Å². The van der Waals surface area contributed by atoms with Crippen molar-refractivity contribution in [2.24, 2.45) is 0 Å². The molecule has 0 saturated carbocycles. The van der Waals surface area contributed by atoms with Crippen LogP contribution >= 0.6 is 0 Å². The summed E-state index contributed by atoms with van der Waals surface area (Å²) in [5.74, 6) is 0.844. The molecule has 0 radical (unpaired) electrons. The van der Waals surface area contributed by atoms with Crippen LogP contribution in [0.4, 0.5) is 0 Å². The Morgan fingerprint density at radius 3 is 2.43 bits per heavy atom. The molecule has 4 aromatic rings. The van der Waals surface area contributed by atoms with Crippen molar-refractivity contribution in [2.45, 2.75) is 0 Å². The van der Waals surface area contributed by atoms with Gasteiger partial charge in [-0.2, -0.15) is 5.10 Å². The van der Waals surface area contributed by atoms with Crippen molar-refractivity contribution in [1.82, 2.24) is 9.61 Å². The number of fused-ring (bicyclic) bond motifs is 1. The summed E-state index contributed by atoms with van der Waals surface area (Å²) in [5, 5.41) is 4.80. The van der Waals surface area contributed by atoms with Crippen LogP contribution < -0.4 is 4.74 Å². The minimum absolute atomic E-state index is 0.844. The number of pyridine rings is 1. The molecule has 0 aliphatic carbocycles. The summed E-state index contributed by atoms with van der Waals surface area (Å²) in [6.45, 7) is 0. The molecule has 0 unspecified atom stereocenters. The molecule has 0 aliphatic rings. The van der Waals surface area contributed by atoms with Crippen LogP contribution in [0.15, 0.2) is 78.9 Å². The third-order valence-corrected chi connectivity index (χ3v) is 3.94. The zero-order valence-electron chi connectivity index (χ0n) is 12.8. The van der Waals surface area contributed by atoms with E-state index in [4.69, 9.17) is 9.84 Å². The maximum Gasteiger partial charge on any atom is 0.128 e. The number of aromatic nitrogens is 2. The fourth-order valence-electron chi connectivity index (χ4n) is 2.83. The summed E-state index contributed by atoms with van der Waals surface area (Å²) >= 11 is 0. The highest BCUT2D eigenvalue weighted by molar-refractivity contribution is 5.73. The first-order chi connectivity index (χ1) is 11.4. The molecule has 2 aromatic heterocycles. The topological polar surface area (TPSA) is 26.5 Å². The number of hydrogen-bond donors (Lipinski definition) is 0. The van der Waals surface area contributed by atoms with Gasteiger partial charge in [0.15, 0.2) is 0 Å². The zero-order valence-corrected chi connectivity index (χ0v) is 12.8. The number of nitrogens with zero attached hydrogens (tertiary/aromatic N) is 2. The van der Waals surface area contributed by atoms with Crippen molar-refractivity contribution >= 4 is 5.52 Å². The van der Waals surface area contributed by atoms with E-state index < -0.39 is 0 Å². The lowest BCUT2D eigenvalue weighted by molar-refractivity contribution is 0.416. The lowest BCUT2D eigenvalue weighted by atomic mass is 10.1. The van der Waals surface area contributed by atoms with E-state index in [2.05, 4.69) is 36.4 Å². The standard InChI is InChI=1S/C20H16N2O/c1-23-20-13-6-5-11-17(20)19-12-7-10-16-14-18(21-22(16)19)15-8-3-2-4-9-15/h2-14H,1H3. The van der Waals surface area contributed by atoms with Crippen LogP contribution in [0.25, 0.3) is 28.0 Å². The van der Waals surface area contributed by atoms with Gasteiger partial charge >= 0.3 is 0 Å². The summed E-state index contributed by atoms with van der Waals surface area (Å²) in [7, 11) is 1.69. The number of hydrogen-bond acceptors (Lipinski definition) is 2. The maximum absolute atomic E-state index is 5.50. The summed E-state index contributed by atoms with van der Waals surface area (Å²) in [4.78, 5) is 0. The van der Waals surface area contributed by atoms with Gasteiger partial charge in [-0.25, -0.2) is 4.52 Å². The molecule has 3 nitrogen and oxygen atoms in total. The lowest BCUT2D eigenvalue weighted by Gasteiger charge is -2.09. The number of para-hydroxylation sites is 1. The van der Waals surface area contributed by atoms with E-state index in [9.17, 15) is 0 Å². The van der Waals surface area contributed by atoms with Gasteiger partial charge in [-0.3, -0.25) is 0 Å². The Morgan fingerprint density at radius 1 is 0.826 bits per heavy atom. The molecule has 112 valence electrons. The summed E-state index contributed by atoms with van der Waals surface area (Å²) in [6.07, 6.45) is 0. The van der Waals surface area contributed by atoms with E-state index in [0.717, 1.165) is 33.8 Å². The van der Waals surface area contributed by atoms with Gasteiger partial charge in [0.1, 0.15) is 5.75 Å². The smallest absolute Gasteiger partial charge is 0.128 e. The first kappa shape index (κ1) is 13.6. The maximum atomic E-state index is 5.50. The quantitative estimate of drug-likeness (QED) is 0.549. The summed E-state index contributed by atoms with van der Waals surface area (Å²) in [6, 6.07) is 26.5. The molecule has 0 saturated heterocycles. The van der Waals surface area contributed by atoms with Crippen LogP contribution in [-0.4, -0.2) is 16.7 Å². The average Bonchev–Trinajstić information content (AvgIpc) is 3.07. The Morgan fingerprint density at radius 2 is 1.61 bits per heavy atom. The van der Waals surface area contributed by atoms with E-state index in [1.165, 1.54) is 0 Å². The van der Waals surface area contributed by atoms with Gasteiger partial charge in [0, 0.05) is 11.1 Å². The van der Waals surface area contributed by atoms with E-state index in [1.807, 2.05) is 47.0 Å². The molecule has 0 N–H and O–H groups in total. The van der Waals surface area contributed by atoms with Crippen molar-refractivity contribution in [3.63, 3.8) is 0 Å².